The zero-order valence-corrected chi connectivity index (χ0v) is 10.6. The van der Waals surface area contributed by atoms with Crippen LogP contribution in [-0.4, -0.2) is 18.4 Å². The number of esters is 1. The lowest BCUT2D eigenvalue weighted by Gasteiger charge is -2.29. The molecule has 0 aromatic heterocycles. The molecule has 1 aliphatic rings. The van der Waals surface area contributed by atoms with Crippen LogP contribution < -0.4 is 0 Å². The van der Waals surface area contributed by atoms with Gasteiger partial charge in [-0.1, -0.05) is 30.3 Å². The first-order chi connectivity index (χ1) is 8.72. The monoisotopic (exact) mass is 246 g/mol. The molecule has 0 N–H and O–H groups in total. The molecule has 3 nitrogen and oxygen atoms in total. The average Bonchev–Trinajstić information content (AvgIpc) is 2.40. The molecule has 2 atom stereocenters. The number of ketones is 1. The van der Waals surface area contributed by atoms with E-state index in [-0.39, 0.29) is 23.6 Å². The second-order valence-corrected chi connectivity index (χ2v) is 4.66. The number of rotatable bonds is 3. The van der Waals surface area contributed by atoms with Gasteiger partial charge in [0.2, 0.25) is 0 Å². The van der Waals surface area contributed by atoms with Gasteiger partial charge in [-0.25, -0.2) is 0 Å². The first-order valence-electron chi connectivity index (χ1n) is 6.45. The van der Waals surface area contributed by atoms with Gasteiger partial charge in [0.1, 0.15) is 5.78 Å². The van der Waals surface area contributed by atoms with Gasteiger partial charge in [0, 0.05) is 18.8 Å². The normalized spacial score (nSPS) is 23.7. The number of carbonyl (C=O) groups is 2. The Bertz CT molecular complexity index is 425. The highest BCUT2D eigenvalue weighted by molar-refractivity contribution is 5.84. The van der Waals surface area contributed by atoms with Crippen molar-refractivity contribution in [3.8, 4) is 0 Å². The maximum Gasteiger partial charge on any atom is 0.309 e. The van der Waals surface area contributed by atoms with E-state index in [0.717, 1.165) is 5.56 Å². The first kappa shape index (κ1) is 12.8. The fourth-order valence-electron chi connectivity index (χ4n) is 2.59. The highest BCUT2D eigenvalue weighted by Crippen LogP contribution is 2.36. The Morgan fingerprint density at radius 2 is 2.06 bits per heavy atom. The van der Waals surface area contributed by atoms with E-state index in [9.17, 15) is 9.59 Å². The number of hydrogen-bond donors (Lipinski definition) is 0. The molecule has 0 amide bonds. The summed E-state index contributed by atoms with van der Waals surface area (Å²) in [5, 5.41) is 0. The largest absolute Gasteiger partial charge is 0.466 e. The average molecular weight is 246 g/mol. The fourth-order valence-corrected chi connectivity index (χ4v) is 2.59. The maximum atomic E-state index is 12.0. The summed E-state index contributed by atoms with van der Waals surface area (Å²) in [6.07, 6.45) is 1.55. The van der Waals surface area contributed by atoms with Crippen molar-refractivity contribution in [2.24, 2.45) is 5.92 Å². The lowest BCUT2D eigenvalue weighted by atomic mass is 9.75. The second-order valence-electron chi connectivity index (χ2n) is 4.66. The van der Waals surface area contributed by atoms with Crippen LogP contribution in [0.2, 0.25) is 0 Å². The van der Waals surface area contributed by atoms with Crippen LogP contribution in [0.25, 0.3) is 0 Å². The molecular weight excluding hydrogens is 228 g/mol. The van der Waals surface area contributed by atoms with E-state index >= 15 is 0 Å². The zero-order valence-electron chi connectivity index (χ0n) is 10.6. The topological polar surface area (TPSA) is 43.4 Å². The van der Waals surface area contributed by atoms with Crippen LogP contribution >= 0.6 is 0 Å². The molecule has 0 saturated heterocycles. The zero-order chi connectivity index (χ0) is 13.0. The van der Waals surface area contributed by atoms with Gasteiger partial charge in [0.15, 0.2) is 0 Å². The SMILES string of the molecule is CCOC(=O)[C@H]1CCC(=O)C[C@@H]1c1ccccc1. The minimum absolute atomic E-state index is 0.0218. The van der Waals surface area contributed by atoms with Crippen LogP contribution in [0.4, 0.5) is 0 Å². The van der Waals surface area contributed by atoms with Crippen LogP contribution in [0.1, 0.15) is 37.7 Å². The van der Waals surface area contributed by atoms with Crippen molar-refractivity contribution in [3.63, 3.8) is 0 Å². The first-order valence-corrected chi connectivity index (χ1v) is 6.45. The summed E-state index contributed by atoms with van der Waals surface area (Å²) < 4.78 is 5.12. The lowest BCUT2D eigenvalue weighted by molar-refractivity contribution is -0.150. The third-order valence-electron chi connectivity index (χ3n) is 3.48. The van der Waals surface area contributed by atoms with Crippen LogP contribution in [0.15, 0.2) is 30.3 Å². The minimum atomic E-state index is -0.176. The maximum absolute atomic E-state index is 12.0. The molecule has 3 heteroatoms. The van der Waals surface area contributed by atoms with Crippen LogP contribution in [0.3, 0.4) is 0 Å². The number of hydrogen-bond acceptors (Lipinski definition) is 3. The molecule has 1 saturated carbocycles. The highest BCUT2D eigenvalue weighted by Gasteiger charge is 2.35. The van der Waals surface area contributed by atoms with Crippen LogP contribution in [0.5, 0.6) is 0 Å². The van der Waals surface area contributed by atoms with Gasteiger partial charge in [-0.3, -0.25) is 9.59 Å². The second kappa shape index (κ2) is 5.80. The molecule has 0 unspecified atom stereocenters. The molecule has 2 rings (SSSR count). The van der Waals surface area contributed by atoms with Crippen molar-refractivity contribution in [2.75, 3.05) is 6.61 Å². The molecule has 0 spiro atoms. The van der Waals surface area contributed by atoms with Gasteiger partial charge >= 0.3 is 5.97 Å². The standard InChI is InChI=1S/C15H18O3/c1-2-18-15(17)13-9-8-12(16)10-14(13)11-6-4-3-5-7-11/h3-7,13-14H,2,8-10H2,1H3/t13-,14+/m0/s1. The van der Waals surface area contributed by atoms with Crippen molar-refractivity contribution in [3.05, 3.63) is 35.9 Å². The van der Waals surface area contributed by atoms with Crippen molar-refractivity contribution < 1.29 is 14.3 Å². The Labute approximate surface area is 107 Å². The molecule has 0 bridgehead atoms. The third kappa shape index (κ3) is 2.78. The summed E-state index contributed by atoms with van der Waals surface area (Å²) in [6, 6.07) is 9.78. The van der Waals surface area contributed by atoms with Crippen molar-refractivity contribution in [1.29, 1.82) is 0 Å². The molecular formula is C15H18O3. The Balaban J connectivity index is 2.21. The molecule has 0 radical (unpaired) electrons. The summed E-state index contributed by atoms with van der Waals surface area (Å²) in [5.41, 5.74) is 1.06. The Kier molecular flexibility index (Phi) is 4.13. The Morgan fingerprint density at radius 1 is 1.33 bits per heavy atom. The predicted molar refractivity (Wildman–Crippen MR) is 68.2 cm³/mol. The summed E-state index contributed by atoms with van der Waals surface area (Å²) >= 11 is 0. The van der Waals surface area contributed by atoms with Gasteiger partial charge in [-0.2, -0.15) is 0 Å². The van der Waals surface area contributed by atoms with E-state index in [4.69, 9.17) is 4.74 Å². The molecule has 96 valence electrons. The van der Waals surface area contributed by atoms with Crippen LogP contribution in [-0.2, 0) is 14.3 Å². The predicted octanol–water partition coefficient (Wildman–Crippen LogP) is 2.70. The van der Waals surface area contributed by atoms with Crippen LogP contribution in [0, 0.1) is 5.92 Å². The van der Waals surface area contributed by atoms with Crippen molar-refractivity contribution in [2.45, 2.75) is 32.1 Å². The number of benzene rings is 1. The Hall–Kier alpha value is -1.64. The van der Waals surface area contributed by atoms with E-state index in [1.807, 2.05) is 37.3 Å². The molecule has 1 aliphatic carbocycles. The molecule has 0 heterocycles. The van der Waals surface area contributed by atoms with Gasteiger partial charge in [0.05, 0.1) is 12.5 Å². The molecule has 18 heavy (non-hydrogen) atoms. The Morgan fingerprint density at radius 3 is 2.72 bits per heavy atom. The summed E-state index contributed by atoms with van der Waals surface area (Å²) in [5.74, 6) is -0.125. The summed E-state index contributed by atoms with van der Waals surface area (Å²) in [7, 11) is 0. The third-order valence-corrected chi connectivity index (χ3v) is 3.48. The van der Waals surface area contributed by atoms with E-state index in [2.05, 4.69) is 0 Å². The van der Waals surface area contributed by atoms with Crippen molar-refractivity contribution in [1.82, 2.24) is 0 Å². The van der Waals surface area contributed by atoms with E-state index in [1.54, 1.807) is 0 Å². The quantitative estimate of drug-likeness (QED) is 0.770. The van der Waals surface area contributed by atoms with E-state index in [1.165, 1.54) is 0 Å². The van der Waals surface area contributed by atoms with Gasteiger partial charge in [-0.05, 0) is 18.9 Å². The van der Waals surface area contributed by atoms with E-state index < -0.39 is 0 Å². The smallest absolute Gasteiger partial charge is 0.309 e. The molecule has 1 aromatic rings. The summed E-state index contributed by atoms with van der Waals surface area (Å²) in [6.45, 7) is 2.20. The fraction of sp³-hybridized carbons (Fsp3) is 0.467. The highest BCUT2D eigenvalue weighted by atomic mass is 16.5. The molecule has 1 aromatic carbocycles. The molecule has 0 aliphatic heterocycles. The van der Waals surface area contributed by atoms with E-state index in [0.29, 0.717) is 25.9 Å². The number of carbonyl (C=O) groups excluding carboxylic acids is 2. The molecule has 1 fully saturated rings. The number of ether oxygens (including phenoxy) is 1. The summed E-state index contributed by atoms with van der Waals surface area (Å²) in [4.78, 5) is 23.6. The van der Waals surface area contributed by atoms with Crippen molar-refractivity contribution >= 4 is 11.8 Å². The minimum Gasteiger partial charge on any atom is -0.466 e. The van der Waals surface area contributed by atoms with Gasteiger partial charge in [-0.15, -0.1) is 0 Å². The lowest BCUT2D eigenvalue weighted by Crippen LogP contribution is -2.30. The van der Waals surface area contributed by atoms with Gasteiger partial charge in [0.25, 0.3) is 0 Å². The van der Waals surface area contributed by atoms with Gasteiger partial charge < -0.3 is 4.74 Å². The number of Topliss-reactive ketones (excluding diaryl/α,β-unsaturated/α-hetero) is 1.